The third-order valence-corrected chi connectivity index (χ3v) is 4.95. The van der Waals surface area contributed by atoms with E-state index >= 15 is 0 Å². The van der Waals surface area contributed by atoms with Gasteiger partial charge in [0.05, 0.1) is 18.5 Å². The summed E-state index contributed by atoms with van der Waals surface area (Å²) in [4.78, 5) is 17.7. The molecule has 0 saturated heterocycles. The molecule has 1 aliphatic carbocycles. The molecule has 0 fully saturated rings. The van der Waals surface area contributed by atoms with Gasteiger partial charge < -0.3 is 9.57 Å². The van der Waals surface area contributed by atoms with Crippen molar-refractivity contribution in [3.8, 4) is 11.7 Å². The molecular weight excluding hydrogens is 401 g/mol. The fourth-order valence-electron chi connectivity index (χ4n) is 3.22. The van der Waals surface area contributed by atoms with Gasteiger partial charge in [-0.3, -0.25) is 0 Å². The average Bonchev–Trinajstić information content (AvgIpc) is 3.01. The molecule has 0 saturated carbocycles. The number of methoxy groups -OCH3 is 1. The molecule has 3 rings (SSSR count). The number of allylic oxidation sites excluding steroid dienone is 4. The number of rotatable bonds is 6. The fraction of sp³-hybridized carbons (Fsp3) is 0.350. The van der Waals surface area contributed by atoms with E-state index in [1.165, 1.54) is 37.8 Å². The molecule has 1 aliphatic rings. The van der Waals surface area contributed by atoms with E-state index in [4.69, 9.17) is 9.57 Å². The van der Waals surface area contributed by atoms with Crippen LogP contribution in [0.15, 0.2) is 58.5 Å². The van der Waals surface area contributed by atoms with Crippen LogP contribution in [0.25, 0.3) is 5.69 Å². The molecule has 2 aromatic rings. The van der Waals surface area contributed by atoms with Gasteiger partial charge in [-0.05, 0) is 19.4 Å². The first-order valence-electron chi connectivity index (χ1n) is 9.07. The van der Waals surface area contributed by atoms with Gasteiger partial charge in [-0.25, -0.2) is 14.0 Å². The van der Waals surface area contributed by atoms with Crippen LogP contribution in [0.1, 0.15) is 18.9 Å². The second-order valence-electron chi connectivity index (χ2n) is 6.77. The number of hydrogen-bond acceptors (Lipinski definition) is 5. The largest absolute Gasteiger partial charge is 0.467 e. The summed E-state index contributed by atoms with van der Waals surface area (Å²) in [5, 5.41) is 7.75. The van der Waals surface area contributed by atoms with E-state index in [0.717, 1.165) is 10.8 Å². The Bertz CT molecular complexity index is 1070. The molecule has 1 unspecified atom stereocenters. The van der Waals surface area contributed by atoms with Gasteiger partial charge in [0.2, 0.25) is 0 Å². The Kier molecular flexibility index (Phi) is 5.86. The first kappa shape index (κ1) is 21.4. The van der Waals surface area contributed by atoms with Crippen molar-refractivity contribution in [2.75, 3.05) is 7.11 Å². The molecule has 0 N–H and O–H groups in total. The molecule has 0 aliphatic heterocycles. The van der Waals surface area contributed by atoms with Gasteiger partial charge in [-0.1, -0.05) is 47.7 Å². The van der Waals surface area contributed by atoms with Crippen LogP contribution >= 0.6 is 0 Å². The van der Waals surface area contributed by atoms with E-state index in [1.54, 1.807) is 30.3 Å². The molecule has 7 nitrogen and oxygen atoms in total. The van der Waals surface area contributed by atoms with Crippen LogP contribution in [-0.4, -0.2) is 33.3 Å². The molecule has 30 heavy (non-hydrogen) atoms. The number of halogens is 3. The lowest BCUT2D eigenvalue weighted by Gasteiger charge is -2.32. The van der Waals surface area contributed by atoms with Crippen LogP contribution < -0.4 is 10.4 Å². The molecule has 0 bridgehead atoms. The zero-order valence-corrected chi connectivity index (χ0v) is 16.7. The Morgan fingerprint density at radius 1 is 1.30 bits per heavy atom. The molecule has 10 heteroatoms. The Labute approximate surface area is 170 Å². The highest BCUT2D eigenvalue weighted by molar-refractivity contribution is 5.90. The summed E-state index contributed by atoms with van der Waals surface area (Å²) < 4.78 is 48.7. The van der Waals surface area contributed by atoms with Gasteiger partial charge in [0, 0.05) is 12.6 Å². The van der Waals surface area contributed by atoms with Crippen molar-refractivity contribution in [2.24, 2.45) is 17.6 Å². The van der Waals surface area contributed by atoms with Crippen LogP contribution in [0.2, 0.25) is 0 Å². The summed E-state index contributed by atoms with van der Waals surface area (Å²) >= 11 is 0. The van der Waals surface area contributed by atoms with Gasteiger partial charge in [-0.2, -0.15) is 13.2 Å². The monoisotopic (exact) mass is 422 g/mol. The molecule has 1 aromatic heterocycles. The number of aryl methyl sites for hydroxylation is 1. The van der Waals surface area contributed by atoms with Crippen LogP contribution in [0.3, 0.4) is 0 Å². The minimum atomic E-state index is -4.51. The molecular formula is C20H21F3N4O3. The number of alkyl halides is 3. The smallest absolute Gasteiger partial charge is 0.403 e. The maximum absolute atomic E-state index is 13.7. The molecule has 1 atom stereocenters. The van der Waals surface area contributed by atoms with Crippen LogP contribution in [-0.2, 0) is 18.5 Å². The highest BCUT2D eigenvalue weighted by atomic mass is 19.4. The maximum atomic E-state index is 13.7. The summed E-state index contributed by atoms with van der Waals surface area (Å²) in [7, 11) is 2.87. The van der Waals surface area contributed by atoms with E-state index in [1.807, 2.05) is 0 Å². The van der Waals surface area contributed by atoms with Gasteiger partial charge in [-0.15, -0.1) is 5.10 Å². The zero-order valence-electron chi connectivity index (χ0n) is 16.7. The predicted molar refractivity (Wildman–Crippen MR) is 105 cm³/mol. The van der Waals surface area contributed by atoms with Crippen molar-refractivity contribution in [3.05, 3.63) is 64.6 Å². The lowest BCUT2D eigenvalue weighted by molar-refractivity contribution is -0.182. The normalized spacial score (nSPS) is 19.2. The molecule has 0 radical (unpaired) electrons. The van der Waals surface area contributed by atoms with E-state index in [-0.39, 0.29) is 24.7 Å². The lowest BCUT2D eigenvalue weighted by atomic mass is 9.77. The predicted octanol–water partition coefficient (Wildman–Crippen LogP) is 3.54. The number of oxime groups is 1. The first-order valence-corrected chi connectivity index (χ1v) is 9.07. The van der Waals surface area contributed by atoms with Crippen molar-refractivity contribution >= 4 is 5.71 Å². The van der Waals surface area contributed by atoms with Crippen LogP contribution in [0.4, 0.5) is 13.2 Å². The average molecular weight is 422 g/mol. The zero-order chi connectivity index (χ0) is 21.9. The van der Waals surface area contributed by atoms with Gasteiger partial charge in [0.15, 0.2) is 0 Å². The van der Waals surface area contributed by atoms with Crippen molar-refractivity contribution in [2.45, 2.75) is 26.1 Å². The van der Waals surface area contributed by atoms with Gasteiger partial charge in [0.1, 0.15) is 12.0 Å². The number of hydrogen-bond donors (Lipinski definition) is 0. The first-order chi connectivity index (χ1) is 14.2. The van der Waals surface area contributed by atoms with E-state index in [2.05, 4.69) is 10.3 Å². The highest BCUT2D eigenvalue weighted by Crippen LogP contribution is 2.45. The van der Waals surface area contributed by atoms with E-state index < -0.39 is 17.3 Å². The minimum Gasteiger partial charge on any atom is -0.467 e. The summed E-state index contributed by atoms with van der Waals surface area (Å²) in [6, 6.07) is 6.85. The summed E-state index contributed by atoms with van der Waals surface area (Å²) in [6.07, 6.45) is 0.690. The number of ether oxygens (including phenoxy) is 1. The molecule has 1 heterocycles. The van der Waals surface area contributed by atoms with Crippen molar-refractivity contribution in [1.29, 1.82) is 0 Å². The lowest BCUT2D eigenvalue weighted by Crippen LogP contribution is -2.42. The number of aromatic nitrogens is 3. The Morgan fingerprint density at radius 3 is 2.67 bits per heavy atom. The summed E-state index contributed by atoms with van der Waals surface area (Å²) in [6.45, 7) is 1.14. The van der Waals surface area contributed by atoms with Crippen molar-refractivity contribution < 1.29 is 22.7 Å². The molecule has 1 aromatic carbocycles. The number of benzene rings is 1. The van der Waals surface area contributed by atoms with Crippen molar-refractivity contribution in [1.82, 2.24) is 14.3 Å². The third kappa shape index (κ3) is 3.77. The third-order valence-electron chi connectivity index (χ3n) is 4.95. The maximum Gasteiger partial charge on any atom is 0.403 e. The second kappa shape index (κ2) is 8.21. The van der Waals surface area contributed by atoms with Crippen LogP contribution in [0.5, 0.6) is 6.01 Å². The van der Waals surface area contributed by atoms with Crippen LogP contribution in [0, 0.1) is 5.41 Å². The Balaban J connectivity index is 1.89. The molecule has 160 valence electrons. The van der Waals surface area contributed by atoms with E-state index in [0.29, 0.717) is 11.3 Å². The van der Waals surface area contributed by atoms with E-state index in [9.17, 15) is 18.0 Å². The SMILES string of the molecule is COc1nn(C)c(=O)n1-c1ccccc1CO/N=C(/C)C1(C(F)(F)F)C=CC=CC1. The summed E-state index contributed by atoms with van der Waals surface area (Å²) in [5.74, 6) is 0. The van der Waals surface area contributed by atoms with Gasteiger partial charge in [0.25, 0.3) is 0 Å². The fourth-order valence-corrected chi connectivity index (χ4v) is 3.22. The molecule has 0 spiro atoms. The van der Waals surface area contributed by atoms with Gasteiger partial charge >= 0.3 is 17.9 Å². The van der Waals surface area contributed by atoms with Crippen molar-refractivity contribution in [3.63, 3.8) is 0 Å². The number of nitrogens with zero attached hydrogens (tertiary/aromatic N) is 4. The topological polar surface area (TPSA) is 70.6 Å². The Hall–Kier alpha value is -3.30. The Morgan fingerprint density at radius 2 is 2.03 bits per heavy atom. The number of para-hydroxylation sites is 1. The quantitative estimate of drug-likeness (QED) is 0.528. The second-order valence-corrected chi connectivity index (χ2v) is 6.77. The minimum absolute atomic E-state index is 0.0739. The highest BCUT2D eigenvalue weighted by Gasteiger charge is 2.55. The summed E-state index contributed by atoms with van der Waals surface area (Å²) in [5.41, 5.74) is -1.88. The standard InChI is InChI=1S/C20H21F3N4O3/c1-14(19(20(21,22)23)11-7-4-8-12-19)25-30-13-15-9-5-6-10-16(15)27-17(29-3)24-26(2)18(27)28/h4-11H,12-13H2,1-3H3/b25-14-. The molecule has 0 amide bonds.